The van der Waals surface area contributed by atoms with Crippen LogP contribution in [0.15, 0.2) is 69.1 Å². The van der Waals surface area contributed by atoms with Gasteiger partial charge in [-0.3, -0.25) is 9.52 Å². The fourth-order valence-corrected chi connectivity index (χ4v) is 5.12. The van der Waals surface area contributed by atoms with Crippen molar-refractivity contribution in [3.05, 3.63) is 65.5 Å². The number of nitrogens with one attached hydrogen (secondary N) is 2. The van der Waals surface area contributed by atoms with Gasteiger partial charge in [-0.1, -0.05) is 6.07 Å². The van der Waals surface area contributed by atoms with E-state index in [1.54, 1.807) is 35.7 Å². The number of sulfonamides is 1. The number of carboxylic acids is 1. The zero-order chi connectivity index (χ0) is 21.7. The van der Waals surface area contributed by atoms with Crippen LogP contribution in [0.4, 0.5) is 11.4 Å². The molecule has 8 nitrogen and oxygen atoms in total. The molecule has 1 amide bonds. The van der Waals surface area contributed by atoms with Gasteiger partial charge in [-0.25, -0.2) is 13.2 Å². The molecule has 2 aromatic carbocycles. The highest BCUT2D eigenvalue weighted by Crippen LogP contribution is 2.25. The molecule has 0 radical (unpaired) electrons. The third kappa shape index (κ3) is 5.53. The molecular formula is C19H16N2O6S3. The zero-order valence-electron chi connectivity index (χ0n) is 15.2. The summed E-state index contributed by atoms with van der Waals surface area (Å²) in [6.07, 6.45) is 0. The Bertz CT molecular complexity index is 1160. The van der Waals surface area contributed by atoms with Crippen LogP contribution in [0.5, 0.6) is 5.75 Å². The van der Waals surface area contributed by atoms with Crippen LogP contribution in [0.2, 0.25) is 0 Å². The topological polar surface area (TPSA) is 133 Å². The quantitative estimate of drug-likeness (QED) is 0.295. The molecule has 30 heavy (non-hydrogen) atoms. The van der Waals surface area contributed by atoms with E-state index in [-0.39, 0.29) is 32.9 Å². The maximum atomic E-state index is 12.2. The molecule has 0 fully saturated rings. The predicted molar refractivity (Wildman–Crippen MR) is 116 cm³/mol. The fourth-order valence-electron chi connectivity index (χ4n) is 2.37. The summed E-state index contributed by atoms with van der Waals surface area (Å²) < 4.78 is 27.1. The van der Waals surface area contributed by atoms with Gasteiger partial charge in [0.15, 0.2) is 0 Å². The lowest BCUT2D eigenvalue weighted by molar-refractivity contribution is -0.113. The van der Waals surface area contributed by atoms with Gasteiger partial charge in [0.1, 0.15) is 15.5 Å². The first-order valence-corrected chi connectivity index (χ1v) is 11.7. The van der Waals surface area contributed by atoms with E-state index in [0.29, 0.717) is 5.69 Å². The van der Waals surface area contributed by atoms with E-state index in [9.17, 15) is 23.1 Å². The Morgan fingerprint density at radius 2 is 1.73 bits per heavy atom. The van der Waals surface area contributed by atoms with Crippen molar-refractivity contribution in [3.8, 4) is 5.75 Å². The Kier molecular flexibility index (Phi) is 6.65. The molecule has 156 valence electrons. The number of carbonyl (C=O) groups excluding carboxylic acids is 1. The van der Waals surface area contributed by atoms with Crippen LogP contribution >= 0.6 is 23.1 Å². The molecular weight excluding hydrogens is 448 g/mol. The van der Waals surface area contributed by atoms with E-state index in [1.165, 1.54) is 36.0 Å². The molecule has 4 N–H and O–H groups in total. The Labute approximate surface area is 180 Å². The zero-order valence-corrected chi connectivity index (χ0v) is 17.7. The Balaban J connectivity index is 1.55. The number of anilines is 2. The molecule has 0 unspecified atom stereocenters. The molecule has 0 aliphatic carbocycles. The van der Waals surface area contributed by atoms with Crippen molar-refractivity contribution < 1.29 is 28.2 Å². The maximum Gasteiger partial charge on any atom is 0.339 e. The number of hydrogen-bond acceptors (Lipinski definition) is 7. The van der Waals surface area contributed by atoms with Gasteiger partial charge in [0.2, 0.25) is 5.91 Å². The van der Waals surface area contributed by atoms with Gasteiger partial charge in [0.25, 0.3) is 10.0 Å². The second kappa shape index (κ2) is 9.20. The second-order valence-corrected chi connectivity index (χ2v) is 9.84. The van der Waals surface area contributed by atoms with Gasteiger partial charge in [-0.2, -0.15) is 0 Å². The normalized spacial score (nSPS) is 11.1. The van der Waals surface area contributed by atoms with Crippen LogP contribution in [0.3, 0.4) is 0 Å². The lowest BCUT2D eigenvalue weighted by Gasteiger charge is -2.08. The number of amides is 1. The SMILES string of the molecule is O=C(CSc1ccc(NS(=O)(=O)c2cccs2)cc1)Nc1ccc(O)c(C(=O)O)c1. The minimum atomic E-state index is -3.62. The summed E-state index contributed by atoms with van der Waals surface area (Å²) in [4.78, 5) is 23.9. The minimum absolute atomic E-state index is 0.0591. The number of hydrogen-bond donors (Lipinski definition) is 4. The Morgan fingerprint density at radius 1 is 1.03 bits per heavy atom. The van der Waals surface area contributed by atoms with Crippen molar-refractivity contribution in [2.75, 3.05) is 15.8 Å². The third-order valence-corrected chi connectivity index (χ3v) is 7.54. The molecule has 0 spiro atoms. The first kappa shape index (κ1) is 21.7. The smallest absolute Gasteiger partial charge is 0.339 e. The van der Waals surface area contributed by atoms with Crippen LogP contribution in [0.1, 0.15) is 10.4 Å². The number of thioether (sulfide) groups is 1. The van der Waals surface area contributed by atoms with E-state index in [4.69, 9.17) is 5.11 Å². The standard InChI is InChI=1S/C19H16N2O6S3/c22-16-8-5-13(10-15(16)19(24)25)20-17(23)11-29-14-6-3-12(4-7-14)21-30(26,27)18-2-1-9-28-18/h1-10,21-22H,11H2,(H,20,23)(H,24,25). The van der Waals surface area contributed by atoms with Crippen LogP contribution in [0, 0.1) is 0 Å². The summed E-state index contributed by atoms with van der Waals surface area (Å²) in [5, 5.41) is 22.8. The lowest BCUT2D eigenvalue weighted by atomic mass is 10.2. The minimum Gasteiger partial charge on any atom is -0.507 e. The molecule has 1 heterocycles. The van der Waals surface area contributed by atoms with E-state index in [1.807, 2.05) is 0 Å². The van der Waals surface area contributed by atoms with Crippen molar-refractivity contribution in [1.29, 1.82) is 0 Å². The number of aromatic hydroxyl groups is 1. The van der Waals surface area contributed by atoms with Crippen LogP contribution in [-0.4, -0.2) is 36.3 Å². The van der Waals surface area contributed by atoms with Crippen molar-refractivity contribution in [1.82, 2.24) is 0 Å². The summed E-state index contributed by atoms with van der Waals surface area (Å²) in [5.74, 6) is -1.98. The van der Waals surface area contributed by atoms with Crippen molar-refractivity contribution in [3.63, 3.8) is 0 Å². The number of thiophene rings is 1. The largest absolute Gasteiger partial charge is 0.507 e. The summed E-state index contributed by atoms with van der Waals surface area (Å²) in [6.45, 7) is 0. The second-order valence-electron chi connectivity index (χ2n) is 5.94. The highest BCUT2D eigenvalue weighted by Gasteiger charge is 2.15. The summed E-state index contributed by atoms with van der Waals surface area (Å²) in [5.41, 5.74) is 0.359. The number of rotatable bonds is 8. The van der Waals surface area contributed by atoms with Gasteiger partial charge < -0.3 is 15.5 Å². The highest BCUT2D eigenvalue weighted by atomic mass is 32.2. The lowest BCUT2D eigenvalue weighted by Crippen LogP contribution is -2.14. The Morgan fingerprint density at radius 3 is 2.37 bits per heavy atom. The molecule has 0 aliphatic rings. The fraction of sp³-hybridized carbons (Fsp3) is 0.0526. The first-order valence-electron chi connectivity index (χ1n) is 8.40. The molecule has 11 heteroatoms. The van der Waals surface area contributed by atoms with Crippen LogP contribution in [0.25, 0.3) is 0 Å². The Hall–Kier alpha value is -3.02. The summed E-state index contributed by atoms with van der Waals surface area (Å²) >= 11 is 2.35. The van der Waals surface area contributed by atoms with Crippen molar-refractivity contribution >= 4 is 56.4 Å². The average molecular weight is 465 g/mol. The van der Waals surface area contributed by atoms with Gasteiger partial charge >= 0.3 is 5.97 Å². The molecule has 0 aliphatic heterocycles. The summed E-state index contributed by atoms with van der Waals surface area (Å²) in [7, 11) is -3.62. The predicted octanol–water partition coefficient (Wildman–Crippen LogP) is 3.68. The van der Waals surface area contributed by atoms with Gasteiger partial charge in [0, 0.05) is 16.3 Å². The number of aromatic carboxylic acids is 1. The van der Waals surface area contributed by atoms with Crippen LogP contribution < -0.4 is 10.0 Å². The number of carboxylic acid groups (broad SMARTS) is 1. The van der Waals surface area contributed by atoms with Gasteiger partial charge in [0.05, 0.1) is 5.75 Å². The van der Waals surface area contributed by atoms with E-state index in [2.05, 4.69) is 10.0 Å². The molecule has 0 bridgehead atoms. The monoisotopic (exact) mass is 464 g/mol. The molecule has 3 aromatic rings. The van der Waals surface area contributed by atoms with Gasteiger partial charge in [-0.05, 0) is 53.9 Å². The number of benzene rings is 2. The average Bonchev–Trinajstić information content (AvgIpc) is 3.24. The molecule has 0 atom stereocenters. The third-order valence-electron chi connectivity index (χ3n) is 3.75. The number of phenols is 1. The first-order chi connectivity index (χ1) is 14.2. The number of carbonyl (C=O) groups is 2. The molecule has 1 aromatic heterocycles. The molecule has 0 saturated heterocycles. The highest BCUT2D eigenvalue weighted by molar-refractivity contribution is 8.00. The van der Waals surface area contributed by atoms with E-state index >= 15 is 0 Å². The van der Waals surface area contributed by atoms with Crippen LogP contribution in [-0.2, 0) is 14.8 Å². The molecule has 0 saturated carbocycles. The van der Waals surface area contributed by atoms with E-state index in [0.717, 1.165) is 16.2 Å². The maximum absolute atomic E-state index is 12.2. The van der Waals surface area contributed by atoms with Gasteiger partial charge in [-0.15, -0.1) is 23.1 Å². The summed E-state index contributed by atoms with van der Waals surface area (Å²) in [6, 6.07) is 13.5. The molecule has 3 rings (SSSR count). The van der Waals surface area contributed by atoms with E-state index < -0.39 is 16.0 Å². The van der Waals surface area contributed by atoms with Crippen molar-refractivity contribution in [2.45, 2.75) is 9.10 Å². The van der Waals surface area contributed by atoms with Crippen molar-refractivity contribution in [2.24, 2.45) is 0 Å².